The summed E-state index contributed by atoms with van der Waals surface area (Å²) in [6.07, 6.45) is 17.5. The molecule has 0 spiro atoms. The highest BCUT2D eigenvalue weighted by atomic mass is 16.8. The van der Waals surface area contributed by atoms with Crippen molar-refractivity contribution in [2.24, 2.45) is 0 Å². The molecule has 46 heavy (non-hydrogen) atoms. The van der Waals surface area contributed by atoms with E-state index in [4.69, 9.17) is 9.57 Å². The molecule has 1 aromatic carbocycles. The van der Waals surface area contributed by atoms with Gasteiger partial charge >= 0.3 is 0 Å². The SMILES string of the molecule is CCCCCCCCCCCCC#CC#CCCCCCCCCCc1ccc(C(=O)NO[C@H]2O[C@H](CO)[C@@H](O)[C@H](O)[C@@H]2O)cc1. The van der Waals surface area contributed by atoms with Gasteiger partial charge in [-0.3, -0.25) is 4.79 Å². The van der Waals surface area contributed by atoms with Gasteiger partial charge in [0.15, 0.2) is 0 Å². The molecule has 0 saturated carbocycles. The molecule has 1 heterocycles. The molecule has 1 fully saturated rings. The largest absolute Gasteiger partial charge is 0.394 e. The van der Waals surface area contributed by atoms with E-state index >= 15 is 0 Å². The summed E-state index contributed by atoms with van der Waals surface area (Å²) in [7, 11) is 0. The Labute approximate surface area is 277 Å². The Hall–Kier alpha value is -2.43. The molecule has 0 radical (unpaired) electrons. The summed E-state index contributed by atoms with van der Waals surface area (Å²) in [5.74, 6) is 11.9. The van der Waals surface area contributed by atoms with Gasteiger partial charge in [-0.05, 0) is 55.2 Å². The van der Waals surface area contributed by atoms with Crippen molar-refractivity contribution in [3.63, 3.8) is 0 Å². The number of amides is 1. The molecule has 1 aliphatic heterocycles. The van der Waals surface area contributed by atoms with Crippen LogP contribution in [-0.2, 0) is 16.0 Å². The van der Waals surface area contributed by atoms with Crippen LogP contribution in [0.15, 0.2) is 24.3 Å². The third-order valence-electron chi connectivity index (χ3n) is 8.49. The second kappa shape index (κ2) is 25.6. The monoisotopic (exact) mass is 641 g/mol. The van der Waals surface area contributed by atoms with Gasteiger partial charge in [-0.25, -0.2) is 10.3 Å². The number of unbranched alkanes of at least 4 members (excludes halogenated alkanes) is 17. The fourth-order valence-corrected chi connectivity index (χ4v) is 5.50. The van der Waals surface area contributed by atoms with Crippen LogP contribution in [0.5, 0.6) is 0 Å². The molecule has 8 nitrogen and oxygen atoms in total. The fourth-order valence-electron chi connectivity index (χ4n) is 5.50. The van der Waals surface area contributed by atoms with Crippen molar-refractivity contribution in [1.29, 1.82) is 0 Å². The number of carbonyl (C=O) groups excluding carboxylic acids is 1. The standard InChI is InChI=1S/C38H59NO7/c1-2-3-4-5-6-7-8-9-10-11-12-13-14-15-16-17-18-19-20-21-22-23-24-25-31-26-28-32(29-27-31)37(44)39-46-38-36(43)35(42)34(41)33(30-40)45-38/h26-29,33-36,38,40-43H,2-12,17-25,30H2,1H3,(H,39,44)/t33-,34-,35+,36+,38-/m1/s1. The molecule has 2 rings (SSSR count). The van der Waals surface area contributed by atoms with Crippen molar-refractivity contribution in [2.45, 2.75) is 166 Å². The van der Waals surface area contributed by atoms with Gasteiger partial charge in [0, 0.05) is 18.4 Å². The Bertz CT molecular complexity index is 1050. The number of ether oxygens (including phenoxy) is 1. The first-order chi connectivity index (χ1) is 22.5. The average molecular weight is 642 g/mol. The number of aliphatic hydroxyl groups excluding tert-OH is 4. The summed E-state index contributed by atoms with van der Waals surface area (Å²) in [5, 5.41) is 38.9. The van der Waals surface area contributed by atoms with Crippen LogP contribution in [0, 0.1) is 23.7 Å². The molecule has 1 aliphatic rings. The minimum atomic E-state index is -1.59. The van der Waals surface area contributed by atoms with Gasteiger partial charge in [-0.1, -0.05) is 121 Å². The molecular formula is C38H59NO7. The van der Waals surface area contributed by atoms with E-state index in [9.17, 15) is 25.2 Å². The average Bonchev–Trinajstić information content (AvgIpc) is 3.07. The van der Waals surface area contributed by atoms with E-state index in [-0.39, 0.29) is 0 Å². The Morgan fingerprint density at radius 3 is 1.74 bits per heavy atom. The third-order valence-corrected chi connectivity index (χ3v) is 8.49. The summed E-state index contributed by atoms with van der Waals surface area (Å²) in [4.78, 5) is 17.5. The Morgan fingerprint density at radius 1 is 0.717 bits per heavy atom. The van der Waals surface area contributed by atoms with E-state index in [1.165, 1.54) is 96.3 Å². The lowest BCUT2D eigenvalue weighted by atomic mass is 9.99. The molecule has 5 atom stereocenters. The van der Waals surface area contributed by atoms with Gasteiger partial charge in [0.1, 0.15) is 24.4 Å². The molecule has 1 amide bonds. The van der Waals surface area contributed by atoms with Crippen molar-refractivity contribution >= 4 is 5.91 Å². The lowest BCUT2D eigenvalue weighted by Crippen LogP contribution is -2.60. The summed E-state index contributed by atoms with van der Waals surface area (Å²) < 4.78 is 5.22. The predicted octanol–water partition coefficient (Wildman–Crippen LogP) is 6.13. The van der Waals surface area contributed by atoms with E-state index < -0.39 is 43.2 Å². The molecule has 5 N–H and O–H groups in total. The van der Waals surface area contributed by atoms with Gasteiger partial charge in [-0.2, -0.15) is 0 Å². The van der Waals surface area contributed by atoms with E-state index in [1.54, 1.807) is 12.1 Å². The molecule has 258 valence electrons. The number of hydrogen-bond donors (Lipinski definition) is 5. The molecule has 0 bridgehead atoms. The highest BCUT2D eigenvalue weighted by Gasteiger charge is 2.44. The molecule has 1 aromatic rings. The number of hydrogen-bond acceptors (Lipinski definition) is 7. The fraction of sp³-hybridized carbons (Fsp3) is 0.711. The van der Waals surface area contributed by atoms with Gasteiger partial charge < -0.3 is 25.2 Å². The van der Waals surface area contributed by atoms with Crippen LogP contribution in [0.25, 0.3) is 0 Å². The summed E-state index contributed by atoms with van der Waals surface area (Å²) in [5.41, 5.74) is 3.72. The van der Waals surface area contributed by atoms with Crippen LogP contribution >= 0.6 is 0 Å². The Kier molecular flexibility index (Phi) is 22.1. The minimum absolute atomic E-state index is 0.370. The van der Waals surface area contributed by atoms with E-state index in [1.807, 2.05) is 12.1 Å². The van der Waals surface area contributed by atoms with Crippen LogP contribution in [0.3, 0.4) is 0 Å². The normalized spacial score (nSPS) is 20.8. The number of aliphatic hydroxyl groups is 4. The summed E-state index contributed by atoms with van der Waals surface area (Å²) in [6, 6.07) is 7.22. The number of aryl methyl sites for hydroxylation is 1. The predicted molar refractivity (Wildman–Crippen MR) is 181 cm³/mol. The maximum atomic E-state index is 12.4. The first-order valence-corrected chi connectivity index (χ1v) is 17.8. The molecular weight excluding hydrogens is 582 g/mol. The minimum Gasteiger partial charge on any atom is -0.394 e. The zero-order valence-electron chi connectivity index (χ0n) is 28.1. The van der Waals surface area contributed by atoms with Crippen molar-refractivity contribution in [1.82, 2.24) is 5.48 Å². The van der Waals surface area contributed by atoms with Gasteiger partial charge in [0.05, 0.1) is 6.61 Å². The van der Waals surface area contributed by atoms with Crippen molar-refractivity contribution in [2.75, 3.05) is 6.61 Å². The zero-order chi connectivity index (χ0) is 33.2. The number of nitrogens with one attached hydrogen (secondary N) is 1. The lowest BCUT2D eigenvalue weighted by molar-refractivity contribution is -0.311. The Morgan fingerprint density at radius 2 is 1.22 bits per heavy atom. The molecule has 0 unspecified atom stereocenters. The molecule has 0 aromatic heterocycles. The van der Waals surface area contributed by atoms with Gasteiger partial charge in [0.25, 0.3) is 5.91 Å². The third kappa shape index (κ3) is 16.9. The highest BCUT2D eigenvalue weighted by Crippen LogP contribution is 2.21. The Balaban J connectivity index is 1.43. The zero-order valence-corrected chi connectivity index (χ0v) is 28.1. The summed E-state index contributed by atoms with van der Waals surface area (Å²) >= 11 is 0. The van der Waals surface area contributed by atoms with Crippen LogP contribution in [0.2, 0.25) is 0 Å². The van der Waals surface area contributed by atoms with E-state index in [2.05, 4.69) is 36.1 Å². The summed E-state index contributed by atoms with van der Waals surface area (Å²) in [6.45, 7) is 1.69. The van der Waals surface area contributed by atoms with Crippen LogP contribution in [0.4, 0.5) is 0 Å². The molecule has 8 heteroatoms. The van der Waals surface area contributed by atoms with Crippen LogP contribution < -0.4 is 5.48 Å². The van der Waals surface area contributed by atoms with Gasteiger partial charge in [0.2, 0.25) is 6.29 Å². The van der Waals surface area contributed by atoms with Gasteiger partial charge in [-0.15, -0.1) is 0 Å². The number of hydroxylamine groups is 1. The topological polar surface area (TPSA) is 128 Å². The second-order valence-corrected chi connectivity index (χ2v) is 12.5. The van der Waals surface area contributed by atoms with Crippen LogP contribution in [0.1, 0.15) is 145 Å². The number of benzene rings is 1. The van der Waals surface area contributed by atoms with Crippen molar-refractivity contribution in [3.8, 4) is 23.7 Å². The molecule has 0 aliphatic carbocycles. The van der Waals surface area contributed by atoms with Crippen LogP contribution in [-0.4, -0.2) is 63.6 Å². The first kappa shape index (κ1) is 39.7. The quantitative estimate of drug-likeness (QED) is 0.0553. The van der Waals surface area contributed by atoms with E-state index in [0.29, 0.717) is 5.56 Å². The highest BCUT2D eigenvalue weighted by molar-refractivity contribution is 5.93. The number of carbonyl (C=O) groups is 1. The maximum Gasteiger partial charge on any atom is 0.274 e. The van der Waals surface area contributed by atoms with Crippen molar-refractivity contribution < 1.29 is 34.8 Å². The van der Waals surface area contributed by atoms with Crippen molar-refractivity contribution in [3.05, 3.63) is 35.4 Å². The second-order valence-electron chi connectivity index (χ2n) is 12.5. The van der Waals surface area contributed by atoms with E-state index in [0.717, 1.165) is 37.7 Å². The lowest BCUT2D eigenvalue weighted by Gasteiger charge is -2.39. The number of rotatable bonds is 23. The maximum absolute atomic E-state index is 12.4. The first-order valence-electron chi connectivity index (χ1n) is 17.8. The molecule has 1 saturated heterocycles. The smallest absolute Gasteiger partial charge is 0.274 e.